The number of halogens is 1. The topological polar surface area (TPSA) is 43.8 Å². The zero-order valence-corrected chi connectivity index (χ0v) is 10.9. The van der Waals surface area contributed by atoms with Crippen molar-refractivity contribution in [1.29, 1.82) is 0 Å². The Kier molecular flexibility index (Phi) is 3.48. The van der Waals surface area contributed by atoms with Crippen LogP contribution in [0.5, 0.6) is 0 Å². The second kappa shape index (κ2) is 4.90. The van der Waals surface area contributed by atoms with Gasteiger partial charge in [-0.2, -0.15) is 5.10 Å². The molecule has 96 valence electrons. The van der Waals surface area contributed by atoms with E-state index in [4.69, 9.17) is 5.73 Å². The lowest BCUT2D eigenvalue weighted by Crippen LogP contribution is -2.14. The van der Waals surface area contributed by atoms with E-state index in [0.717, 1.165) is 22.4 Å². The number of nitrogens with zero attached hydrogens (tertiary/aromatic N) is 2. The Hall–Kier alpha value is -1.68. The van der Waals surface area contributed by atoms with Crippen molar-refractivity contribution < 1.29 is 4.39 Å². The molecular formula is C14H18FN3. The summed E-state index contributed by atoms with van der Waals surface area (Å²) in [4.78, 5) is 0. The van der Waals surface area contributed by atoms with Crippen molar-refractivity contribution in [3.63, 3.8) is 0 Å². The lowest BCUT2D eigenvalue weighted by Gasteiger charge is -2.12. The molecule has 0 spiro atoms. The fourth-order valence-electron chi connectivity index (χ4n) is 2.22. The minimum Gasteiger partial charge on any atom is -0.324 e. The van der Waals surface area contributed by atoms with Crippen LogP contribution in [0.25, 0.3) is 0 Å². The summed E-state index contributed by atoms with van der Waals surface area (Å²) in [6.07, 6.45) is 2.64. The van der Waals surface area contributed by atoms with Crippen LogP contribution in [0.2, 0.25) is 0 Å². The first-order chi connectivity index (χ1) is 8.47. The lowest BCUT2D eigenvalue weighted by molar-refractivity contribution is 0.623. The predicted molar refractivity (Wildman–Crippen MR) is 69.7 cm³/mol. The Labute approximate surface area is 106 Å². The third-order valence-corrected chi connectivity index (χ3v) is 3.20. The summed E-state index contributed by atoms with van der Waals surface area (Å²) in [6.45, 7) is 3.86. The minimum absolute atomic E-state index is 0.108. The number of hydrogen-bond donors (Lipinski definition) is 1. The van der Waals surface area contributed by atoms with Crippen LogP contribution >= 0.6 is 0 Å². The van der Waals surface area contributed by atoms with E-state index in [1.807, 2.05) is 27.1 Å². The molecule has 2 N–H and O–H groups in total. The fourth-order valence-corrected chi connectivity index (χ4v) is 2.22. The van der Waals surface area contributed by atoms with E-state index < -0.39 is 0 Å². The molecule has 0 bridgehead atoms. The van der Waals surface area contributed by atoms with Gasteiger partial charge in [0, 0.05) is 24.8 Å². The third-order valence-electron chi connectivity index (χ3n) is 3.20. The van der Waals surface area contributed by atoms with Crippen LogP contribution in [0.15, 0.2) is 24.4 Å². The molecule has 1 atom stereocenters. The van der Waals surface area contributed by atoms with Crippen LogP contribution < -0.4 is 5.73 Å². The molecule has 3 nitrogen and oxygen atoms in total. The quantitative estimate of drug-likeness (QED) is 0.905. The molecule has 1 heterocycles. The highest BCUT2D eigenvalue weighted by Crippen LogP contribution is 2.21. The van der Waals surface area contributed by atoms with E-state index in [1.54, 1.807) is 10.7 Å². The van der Waals surface area contributed by atoms with Crippen LogP contribution in [0.4, 0.5) is 4.39 Å². The molecule has 0 amide bonds. The van der Waals surface area contributed by atoms with Gasteiger partial charge in [0.25, 0.3) is 0 Å². The Morgan fingerprint density at radius 2 is 2.11 bits per heavy atom. The van der Waals surface area contributed by atoms with Crippen molar-refractivity contribution in [1.82, 2.24) is 9.78 Å². The molecule has 0 fully saturated rings. The van der Waals surface area contributed by atoms with Gasteiger partial charge in [-0.1, -0.05) is 6.07 Å². The molecule has 2 aromatic rings. The monoisotopic (exact) mass is 247 g/mol. The summed E-state index contributed by atoms with van der Waals surface area (Å²) in [5, 5.41) is 4.29. The van der Waals surface area contributed by atoms with Gasteiger partial charge in [0.2, 0.25) is 0 Å². The zero-order chi connectivity index (χ0) is 13.3. The molecule has 4 heteroatoms. The molecule has 2 rings (SSSR count). The Bertz CT molecular complexity index is 560. The van der Waals surface area contributed by atoms with Crippen molar-refractivity contribution in [2.45, 2.75) is 26.3 Å². The maximum atomic E-state index is 13.0. The first-order valence-corrected chi connectivity index (χ1v) is 5.98. The van der Waals surface area contributed by atoms with Crippen molar-refractivity contribution in [3.8, 4) is 0 Å². The summed E-state index contributed by atoms with van der Waals surface area (Å²) in [5.41, 5.74) is 10.2. The van der Waals surface area contributed by atoms with Crippen LogP contribution in [0, 0.1) is 19.7 Å². The predicted octanol–water partition coefficient (Wildman–Crippen LogP) is 2.42. The summed E-state index contributed by atoms with van der Waals surface area (Å²) >= 11 is 0. The number of hydrogen-bond acceptors (Lipinski definition) is 2. The summed E-state index contributed by atoms with van der Waals surface area (Å²) in [7, 11) is 1.88. The van der Waals surface area contributed by atoms with Gasteiger partial charge in [0.15, 0.2) is 0 Å². The summed E-state index contributed by atoms with van der Waals surface area (Å²) in [5.74, 6) is -0.206. The maximum absolute atomic E-state index is 13.0. The Morgan fingerprint density at radius 3 is 2.67 bits per heavy atom. The van der Waals surface area contributed by atoms with E-state index in [9.17, 15) is 4.39 Å². The van der Waals surface area contributed by atoms with Crippen LogP contribution in [0.3, 0.4) is 0 Å². The average molecular weight is 247 g/mol. The highest BCUT2D eigenvalue weighted by molar-refractivity contribution is 5.30. The molecule has 0 aliphatic heterocycles. The largest absolute Gasteiger partial charge is 0.324 e. The molecule has 0 radical (unpaired) electrons. The maximum Gasteiger partial charge on any atom is 0.123 e. The van der Waals surface area contributed by atoms with Crippen molar-refractivity contribution >= 4 is 0 Å². The van der Waals surface area contributed by atoms with Gasteiger partial charge in [0.1, 0.15) is 5.82 Å². The smallest absolute Gasteiger partial charge is 0.123 e. The van der Waals surface area contributed by atoms with Gasteiger partial charge in [-0.3, -0.25) is 4.68 Å². The molecule has 18 heavy (non-hydrogen) atoms. The standard InChI is InChI=1S/C14H18FN3/c1-9-6-12(15)5-4-11(9)7-14(16)13-8-18(3)17-10(13)2/h4-6,8,14H,7,16H2,1-3H3. The van der Waals surface area contributed by atoms with Gasteiger partial charge in [-0.15, -0.1) is 0 Å². The average Bonchev–Trinajstić information content (AvgIpc) is 2.62. The van der Waals surface area contributed by atoms with Crippen molar-refractivity contribution in [2.75, 3.05) is 0 Å². The highest BCUT2D eigenvalue weighted by atomic mass is 19.1. The van der Waals surface area contributed by atoms with Crippen LogP contribution in [-0.4, -0.2) is 9.78 Å². The molecule has 0 saturated heterocycles. The summed E-state index contributed by atoms with van der Waals surface area (Å²) < 4.78 is 14.8. The number of rotatable bonds is 3. The normalized spacial score (nSPS) is 12.7. The van der Waals surface area contributed by atoms with Crippen LogP contribution in [-0.2, 0) is 13.5 Å². The van der Waals surface area contributed by atoms with Crippen molar-refractivity contribution in [3.05, 3.63) is 52.6 Å². The minimum atomic E-state index is -0.206. The Balaban J connectivity index is 2.21. The zero-order valence-electron chi connectivity index (χ0n) is 10.9. The third kappa shape index (κ3) is 2.59. The molecule has 0 aliphatic carbocycles. The second-order valence-corrected chi connectivity index (χ2v) is 4.72. The lowest BCUT2D eigenvalue weighted by atomic mass is 9.97. The molecule has 0 saturated carbocycles. The van der Waals surface area contributed by atoms with Gasteiger partial charge >= 0.3 is 0 Å². The van der Waals surface area contributed by atoms with E-state index in [2.05, 4.69) is 5.10 Å². The fraction of sp³-hybridized carbons (Fsp3) is 0.357. The number of aryl methyl sites for hydroxylation is 3. The van der Waals surface area contributed by atoms with E-state index in [0.29, 0.717) is 6.42 Å². The molecule has 1 aromatic heterocycles. The number of benzene rings is 1. The molecular weight excluding hydrogens is 229 g/mol. The number of aromatic nitrogens is 2. The van der Waals surface area contributed by atoms with Crippen molar-refractivity contribution in [2.24, 2.45) is 12.8 Å². The van der Waals surface area contributed by atoms with Gasteiger partial charge < -0.3 is 5.73 Å². The van der Waals surface area contributed by atoms with Gasteiger partial charge in [-0.05, 0) is 43.5 Å². The van der Waals surface area contributed by atoms with Gasteiger partial charge in [0.05, 0.1) is 5.69 Å². The number of nitrogens with two attached hydrogens (primary N) is 1. The highest BCUT2D eigenvalue weighted by Gasteiger charge is 2.14. The summed E-state index contributed by atoms with van der Waals surface area (Å²) in [6, 6.07) is 4.71. The van der Waals surface area contributed by atoms with E-state index >= 15 is 0 Å². The molecule has 0 aliphatic rings. The van der Waals surface area contributed by atoms with E-state index in [-0.39, 0.29) is 11.9 Å². The van der Waals surface area contributed by atoms with E-state index in [1.165, 1.54) is 12.1 Å². The Morgan fingerprint density at radius 1 is 1.39 bits per heavy atom. The van der Waals surface area contributed by atoms with Crippen LogP contribution in [0.1, 0.15) is 28.4 Å². The second-order valence-electron chi connectivity index (χ2n) is 4.72. The molecule has 1 aromatic carbocycles. The van der Waals surface area contributed by atoms with Gasteiger partial charge in [-0.25, -0.2) is 4.39 Å². The first kappa shape index (κ1) is 12.8. The molecule has 1 unspecified atom stereocenters. The first-order valence-electron chi connectivity index (χ1n) is 5.98. The SMILES string of the molecule is Cc1cc(F)ccc1CC(N)c1cn(C)nc1C.